The number of rotatable bonds is 1. The molecule has 0 bridgehead atoms. The maximum absolute atomic E-state index is 11.3. The van der Waals surface area contributed by atoms with Crippen molar-refractivity contribution in [3.8, 4) is 5.75 Å². The van der Waals surface area contributed by atoms with Gasteiger partial charge in [0.05, 0.1) is 12.2 Å². The second-order valence-corrected chi connectivity index (χ2v) is 5.32. The van der Waals surface area contributed by atoms with Gasteiger partial charge in [0.1, 0.15) is 11.5 Å². The number of carbonyl (C=O) groups excluding carboxylic acids is 1. The summed E-state index contributed by atoms with van der Waals surface area (Å²) in [5.74, 6) is 1.12. The number of benzene rings is 1. The van der Waals surface area contributed by atoms with Gasteiger partial charge in [-0.2, -0.15) is 0 Å². The van der Waals surface area contributed by atoms with Gasteiger partial charge in [-0.05, 0) is 31.2 Å². The van der Waals surface area contributed by atoms with Crippen LogP contribution in [0.25, 0.3) is 0 Å². The Labute approximate surface area is 107 Å². The van der Waals surface area contributed by atoms with Crippen LogP contribution in [0, 0.1) is 0 Å². The van der Waals surface area contributed by atoms with Gasteiger partial charge in [-0.15, -0.1) is 0 Å². The summed E-state index contributed by atoms with van der Waals surface area (Å²) in [6.45, 7) is 0.721. The molecule has 1 fully saturated rings. The fourth-order valence-corrected chi connectivity index (χ4v) is 2.97. The Kier molecular flexibility index (Phi) is 2.86. The van der Waals surface area contributed by atoms with Crippen molar-refractivity contribution in [3.05, 3.63) is 29.3 Å². The molecule has 1 heterocycles. The van der Waals surface area contributed by atoms with Crippen LogP contribution in [0.3, 0.4) is 0 Å². The molecule has 0 saturated heterocycles. The van der Waals surface area contributed by atoms with E-state index in [0.29, 0.717) is 25.7 Å². The van der Waals surface area contributed by atoms with E-state index in [-0.39, 0.29) is 5.78 Å². The van der Waals surface area contributed by atoms with E-state index < -0.39 is 5.60 Å². The molecule has 3 heteroatoms. The van der Waals surface area contributed by atoms with Gasteiger partial charge >= 0.3 is 0 Å². The third kappa shape index (κ3) is 1.93. The van der Waals surface area contributed by atoms with Crippen molar-refractivity contribution in [1.82, 2.24) is 0 Å². The molecular formula is C15H18O3. The minimum Gasteiger partial charge on any atom is -0.493 e. The third-order valence-electron chi connectivity index (χ3n) is 4.07. The number of ether oxygens (including phenoxy) is 1. The lowest BCUT2D eigenvalue weighted by Gasteiger charge is -2.34. The predicted molar refractivity (Wildman–Crippen MR) is 67.6 cm³/mol. The molecule has 1 aliphatic heterocycles. The molecule has 3 rings (SSSR count). The molecule has 0 radical (unpaired) electrons. The molecule has 0 spiro atoms. The number of hydrogen-bond acceptors (Lipinski definition) is 3. The quantitative estimate of drug-likeness (QED) is 0.827. The van der Waals surface area contributed by atoms with Crippen molar-refractivity contribution in [2.24, 2.45) is 0 Å². The smallest absolute Gasteiger partial charge is 0.133 e. The normalized spacial score (nSPS) is 22.2. The number of ketones is 1. The summed E-state index contributed by atoms with van der Waals surface area (Å²) in [7, 11) is 0. The third-order valence-corrected chi connectivity index (χ3v) is 4.07. The van der Waals surface area contributed by atoms with E-state index in [0.717, 1.165) is 30.8 Å². The number of carbonyl (C=O) groups is 1. The van der Waals surface area contributed by atoms with Crippen LogP contribution in [0.1, 0.15) is 43.2 Å². The van der Waals surface area contributed by atoms with Crippen LogP contribution in [0.2, 0.25) is 0 Å². The van der Waals surface area contributed by atoms with Gasteiger partial charge in [-0.3, -0.25) is 4.79 Å². The number of hydrogen-bond donors (Lipinski definition) is 1. The van der Waals surface area contributed by atoms with E-state index in [4.69, 9.17) is 4.74 Å². The van der Waals surface area contributed by atoms with Crippen LogP contribution >= 0.6 is 0 Å². The maximum atomic E-state index is 11.3. The summed E-state index contributed by atoms with van der Waals surface area (Å²) < 4.78 is 5.75. The molecule has 1 saturated carbocycles. The highest BCUT2D eigenvalue weighted by Gasteiger charge is 2.37. The first-order valence-corrected chi connectivity index (χ1v) is 6.68. The van der Waals surface area contributed by atoms with Gasteiger partial charge in [-0.1, -0.05) is 18.2 Å². The summed E-state index contributed by atoms with van der Waals surface area (Å²) in [4.78, 5) is 11.3. The van der Waals surface area contributed by atoms with Crippen molar-refractivity contribution in [3.63, 3.8) is 0 Å². The summed E-state index contributed by atoms with van der Waals surface area (Å²) >= 11 is 0. The topological polar surface area (TPSA) is 46.5 Å². The predicted octanol–water partition coefficient (Wildman–Crippen LogP) is 2.34. The molecule has 1 aliphatic carbocycles. The Bertz CT molecular complexity index is 469. The van der Waals surface area contributed by atoms with E-state index in [1.807, 2.05) is 12.1 Å². The lowest BCUT2D eigenvalue weighted by atomic mass is 9.78. The van der Waals surface area contributed by atoms with Crippen molar-refractivity contribution >= 4 is 5.78 Å². The highest BCUT2D eigenvalue weighted by Crippen LogP contribution is 2.42. The summed E-state index contributed by atoms with van der Waals surface area (Å²) in [5, 5.41) is 10.8. The van der Waals surface area contributed by atoms with E-state index >= 15 is 0 Å². The molecule has 0 unspecified atom stereocenters. The zero-order valence-corrected chi connectivity index (χ0v) is 10.4. The van der Waals surface area contributed by atoms with Gasteiger partial charge in [0.2, 0.25) is 0 Å². The first kappa shape index (κ1) is 11.7. The lowest BCUT2D eigenvalue weighted by molar-refractivity contribution is -0.125. The van der Waals surface area contributed by atoms with Crippen LogP contribution in [0.15, 0.2) is 18.2 Å². The van der Waals surface area contributed by atoms with E-state index in [9.17, 15) is 9.90 Å². The molecule has 0 amide bonds. The summed E-state index contributed by atoms with van der Waals surface area (Å²) in [5.41, 5.74) is 1.19. The molecule has 1 aromatic rings. The Morgan fingerprint density at radius 2 is 1.94 bits per heavy atom. The maximum Gasteiger partial charge on any atom is 0.133 e. The molecule has 1 aromatic carbocycles. The molecule has 1 N–H and O–H groups in total. The zero-order valence-electron chi connectivity index (χ0n) is 10.4. The van der Waals surface area contributed by atoms with Gasteiger partial charge in [0, 0.05) is 18.4 Å². The van der Waals surface area contributed by atoms with E-state index in [1.54, 1.807) is 0 Å². The van der Waals surface area contributed by atoms with Crippen LogP contribution in [0.5, 0.6) is 5.75 Å². The van der Waals surface area contributed by atoms with Crippen molar-refractivity contribution in [1.29, 1.82) is 0 Å². The number of aliphatic hydroxyl groups is 1. The van der Waals surface area contributed by atoms with Gasteiger partial charge < -0.3 is 9.84 Å². The molecule has 3 nitrogen and oxygen atoms in total. The number of fused-ring (bicyclic) bond motifs is 1. The van der Waals surface area contributed by atoms with Crippen LogP contribution < -0.4 is 4.74 Å². The second-order valence-electron chi connectivity index (χ2n) is 5.32. The van der Waals surface area contributed by atoms with E-state index in [1.165, 1.54) is 5.56 Å². The molecule has 0 atom stereocenters. The largest absolute Gasteiger partial charge is 0.493 e. The van der Waals surface area contributed by atoms with Crippen molar-refractivity contribution in [2.75, 3.05) is 6.61 Å². The average Bonchev–Trinajstić information content (AvgIpc) is 2.42. The number of Topliss-reactive ketones (excluding diaryl/α,β-unsaturated/α-hetero) is 1. The average molecular weight is 246 g/mol. The first-order valence-electron chi connectivity index (χ1n) is 6.68. The minimum atomic E-state index is -0.878. The monoisotopic (exact) mass is 246 g/mol. The lowest BCUT2D eigenvalue weighted by Crippen LogP contribution is -2.32. The fraction of sp³-hybridized carbons (Fsp3) is 0.533. The standard InChI is InChI=1S/C15H18O3/c16-12-6-8-15(17,9-7-12)13-5-1-3-11-4-2-10-18-14(11)13/h1,3,5,17H,2,4,6-10H2. The highest BCUT2D eigenvalue weighted by molar-refractivity contribution is 5.79. The summed E-state index contributed by atoms with van der Waals surface area (Å²) in [6.07, 6.45) is 4.03. The van der Waals surface area contributed by atoms with Gasteiger partial charge in [0.25, 0.3) is 0 Å². The molecule has 18 heavy (non-hydrogen) atoms. The fourth-order valence-electron chi connectivity index (χ4n) is 2.97. The van der Waals surface area contributed by atoms with Gasteiger partial charge in [0.15, 0.2) is 0 Å². The molecule has 96 valence electrons. The van der Waals surface area contributed by atoms with Crippen LogP contribution in [-0.2, 0) is 16.8 Å². The first-order chi connectivity index (χ1) is 8.69. The number of aryl methyl sites for hydroxylation is 1. The highest BCUT2D eigenvalue weighted by atomic mass is 16.5. The van der Waals surface area contributed by atoms with E-state index in [2.05, 4.69) is 6.07 Å². The van der Waals surface area contributed by atoms with Gasteiger partial charge in [-0.25, -0.2) is 0 Å². The molecule has 0 aromatic heterocycles. The Morgan fingerprint density at radius 3 is 2.72 bits per heavy atom. The SMILES string of the molecule is O=C1CCC(O)(c2cccc3c2OCCC3)CC1. The van der Waals surface area contributed by atoms with Crippen LogP contribution in [0.4, 0.5) is 0 Å². The summed E-state index contributed by atoms with van der Waals surface area (Å²) in [6, 6.07) is 5.99. The Hall–Kier alpha value is -1.35. The Morgan fingerprint density at radius 1 is 1.17 bits per heavy atom. The molecular weight excluding hydrogens is 228 g/mol. The van der Waals surface area contributed by atoms with Crippen LogP contribution in [-0.4, -0.2) is 17.5 Å². The molecule has 2 aliphatic rings. The van der Waals surface area contributed by atoms with Crippen molar-refractivity contribution in [2.45, 2.75) is 44.1 Å². The second kappa shape index (κ2) is 4.39. The number of para-hydroxylation sites is 1. The zero-order chi connectivity index (χ0) is 12.6. The van der Waals surface area contributed by atoms with Crippen molar-refractivity contribution < 1.29 is 14.6 Å². The minimum absolute atomic E-state index is 0.255. The Balaban J connectivity index is 1.98.